The Labute approximate surface area is 163 Å². The number of carboxylic acids is 1. The molecule has 1 aliphatic heterocycles. The van der Waals surface area contributed by atoms with Crippen LogP contribution in [0.15, 0.2) is 55.7 Å². The number of carbonyl (C=O) groups is 1. The summed E-state index contributed by atoms with van der Waals surface area (Å²) in [5.74, 6) is 0.189. The molecule has 4 heteroatoms. The maximum Gasteiger partial charge on any atom is 0.309 e. The molecule has 2 heterocycles. The number of nitrogens with zero attached hydrogens (tertiary/aromatic N) is 2. The average Bonchev–Trinajstić information content (AvgIpc) is 2.90. The van der Waals surface area contributed by atoms with E-state index >= 15 is 0 Å². The number of carboxylic acid groups (broad SMARTS) is 1. The molecule has 0 aliphatic carbocycles. The van der Waals surface area contributed by atoms with Crippen molar-refractivity contribution in [2.45, 2.75) is 41.0 Å². The number of rotatable bonds is 5. The van der Waals surface area contributed by atoms with Crippen LogP contribution in [0, 0.1) is 5.92 Å². The fraction of sp³-hybridized carbons (Fsp3) is 0.304. The Morgan fingerprint density at radius 1 is 1.26 bits per heavy atom. The Balaban J connectivity index is 0.00000158. The molecule has 0 spiro atoms. The van der Waals surface area contributed by atoms with Crippen LogP contribution in [0.5, 0.6) is 0 Å². The van der Waals surface area contributed by atoms with Gasteiger partial charge < -0.3 is 9.67 Å². The van der Waals surface area contributed by atoms with Gasteiger partial charge in [-0.15, -0.1) is 13.2 Å². The fourth-order valence-corrected chi connectivity index (χ4v) is 2.43. The molecular formula is C23H32N2O2. The van der Waals surface area contributed by atoms with Gasteiger partial charge in [0, 0.05) is 11.8 Å². The first-order valence-electron chi connectivity index (χ1n) is 9.22. The van der Waals surface area contributed by atoms with Gasteiger partial charge in [-0.05, 0) is 25.8 Å². The molecule has 0 radical (unpaired) electrons. The maximum atomic E-state index is 11.3. The summed E-state index contributed by atoms with van der Waals surface area (Å²) >= 11 is 0. The second kappa shape index (κ2) is 13.3. The van der Waals surface area contributed by atoms with Gasteiger partial charge in [-0.25, -0.2) is 4.98 Å². The minimum Gasteiger partial charge on any atom is -0.481 e. The lowest BCUT2D eigenvalue weighted by Crippen LogP contribution is -2.07. The lowest BCUT2D eigenvalue weighted by Gasteiger charge is -2.05. The number of hydrogen-bond acceptors (Lipinski definition) is 2. The van der Waals surface area contributed by atoms with Crippen molar-refractivity contribution in [2.75, 3.05) is 0 Å². The third-order valence-electron chi connectivity index (χ3n) is 3.53. The zero-order chi connectivity index (χ0) is 20.8. The van der Waals surface area contributed by atoms with Crippen LogP contribution >= 0.6 is 0 Å². The van der Waals surface area contributed by atoms with Crippen molar-refractivity contribution in [1.29, 1.82) is 0 Å². The highest BCUT2D eigenvalue weighted by Gasteiger charge is 2.19. The van der Waals surface area contributed by atoms with Crippen LogP contribution in [0.1, 0.15) is 51.8 Å². The average molecular weight is 369 g/mol. The van der Waals surface area contributed by atoms with Crippen molar-refractivity contribution in [3.8, 4) is 0 Å². The third kappa shape index (κ3) is 7.10. The van der Waals surface area contributed by atoms with E-state index in [9.17, 15) is 9.90 Å². The van der Waals surface area contributed by atoms with Crippen LogP contribution < -0.4 is 0 Å². The van der Waals surface area contributed by atoms with Crippen molar-refractivity contribution in [2.24, 2.45) is 5.92 Å². The molecule has 0 fully saturated rings. The SMILES string of the molecule is C=C.CC.C\C=C/C=C(\C=C/C)c1nc2n(c1CC(=O)O)C=CC(C)C=C2. The molecular weight excluding hydrogens is 336 g/mol. The second-order valence-corrected chi connectivity index (χ2v) is 5.41. The first-order valence-corrected chi connectivity index (χ1v) is 9.22. The first kappa shape index (κ1) is 24.1. The minimum absolute atomic E-state index is 0.0698. The normalized spacial score (nSPS) is 15.6. The summed E-state index contributed by atoms with van der Waals surface area (Å²) in [6.45, 7) is 16.0. The zero-order valence-electron chi connectivity index (χ0n) is 17.1. The van der Waals surface area contributed by atoms with Gasteiger partial charge in [-0.1, -0.05) is 63.3 Å². The van der Waals surface area contributed by atoms with Gasteiger partial charge in [0.1, 0.15) is 5.82 Å². The topological polar surface area (TPSA) is 55.1 Å². The van der Waals surface area contributed by atoms with E-state index in [2.05, 4.69) is 31.1 Å². The summed E-state index contributed by atoms with van der Waals surface area (Å²) in [5.41, 5.74) is 2.30. The second-order valence-electron chi connectivity index (χ2n) is 5.41. The van der Waals surface area contributed by atoms with E-state index in [-0.39, 0.29) is 6.42 Å². The Bertz CT molecular complexity index is 747. The van der Waals surface area contributed by atoms with Gasteiger partial charge in [0.2, 0.25) is 0 Å². The van der Waals surface area contributed by atoms with E-state index in [1.54, 1.807) is 0 Å². The molecule has 1 atom stereocenters. The Hall–Kier alpha value is -2.88. The molecule has 0 saturated carbocycles. The van der Waals surface area contributed by atoms with E-state index in [1.807, 2.05) is 81.0 Å². The van der Waals surface area contributed by atoms with Gasteiger partial charge in [0.25, 0.3) is 0 Å². The van der Waals surface area contributed by atoms with Gasteiger partial charge in [0.15, 0.2) is 0 Å². The summed E-state index contributed by atoms with van der Waals surface area (Å²) in [5, 5.41) is 9.29. The van der Waals surface area contributed by atoms with Gasteiger partial charge in [-0.2, -0.15) is 0 Å². The highest BCUT2D eigenvalue weighted by molar-refractivity contribution is 5.79. The molecule has 1 aromatic rings. The largest absolute Gasteiger partial charge is 0.481 e. The summed E-state index contributed by atoms with van der Waals surface area (Å²) < 4.78 is 1.87. The maximum absolute atomic E-state index is 11.3. The van der Waals surface area contributed by atoms with E-state index in [4.69, 9.17) is 0 Å². The van der Waals surface area contributed by atoms with Crippen LogP contribution in [0.25, 0.3) is 17.8 Å². The van der Waals surface area contributed by atoms with Crippen LogP contribution in [-0.4, -0.2) is 20.6 Å². The molecule has 146 valence electrons. The fourth-order valence-electron chi connectivity index (χ4n) is 2.43. The van der Waals surface area contributed by atoms with E-state index in [0.717, 1.165) is 11.4 Å². The summed E-state index contributed by atoms with van der Waals surface area (Å²) in [6, 6.07) is 0. The van der Waals surface area contributed by atoms with E-state index in [0.29, 0.717) is 17.3 Å². The predicted molar refractivity (Wildman–Crippen MR) is 117 cm³/mol. The van der Waals surface area contributed by atoms with E-state index < -0.39 is 5.97 Å². The summed E-state index contributed by atoms with van der Waals surface area (Å²) in [7, 11) is 0. The van der Waals surface area contributed by atoms with Crippen LogP contribution in [0.3, 0.4) is 0 Å². The number of aliphatic carboxylic acids is 1. The first-order chi connectivity index (χ1) is 13.1. The van der Waals surface area contributed by atoms with Crippen molar-refractivity contribution < 1.29 is 9.90 Å². The minimum atomic E-state index is -0.866. The molecule has 1 aliphatic rings. The van der Waals surface area contributed by atoms with E-state index in [1.165, 1.54) is 0 Å². The van der Waals surface area contributed by atoms with Crippen molar-refractivity contribution in [3.63, 3.8) is 0 Å². The Kier molecular flexibility index (Phi) is 11.9. The van der Waals surface area contributed by atoms with Crippen molar-refractivity contribution in [1.82, 2.24) is 9.55 Å². The van der Waals surface area contributed by atoms with Crippen molar-refractivity contribution in [3.05, 3.63) is 72.9 Å². The number of fused-ring (bicyclic) bond motifs is 1. The third-order valence-corrected chi connectivity index (χ3v) is 3.53. The molecule has 1 N–H and O–H groups in total. The molecule has 0 saturated heterocycles. The predicted octanol–water partition coefficient (Wildman–Crippen LogP) is 6.01. The number of aromatic nitrogens is 2. The van der Waals surface area contributed by atoms with Crippen LogP contribution in [0.2, 0.25) is 0 Å². The molecule has 0 aromatic carbocycles. The zero-order valence-corrected chi connectivity index (χ0v) is 17.1. The summed E-state index contributed by atoms with van der Waals surface area (Å²) in [6.07, 6.45) is 17.6. The molecule has 27 heavy (non-hydrogen) atoms. The van der Waals surface area contributed by atoms with Gasteiger partial charge >= 0.3 is 5.97 Å². The molecule has 4 nitrogen and oxygen atoms in total. The standard InChI is InChI=1S/C19H22N2O2.C2H6.C2H4/c1-4-6-8-15(7-5-2)19-16(13-18(22)23)21-12-11-14(3)9-10-17(21)20-19;2*1-2/h4-12,14H,13H2,1-3H3,(H,22,23);1-2H3;1-2H2/b6-4-,7-5-,15-8+;;. The monoisotopic (exact) mass is 368 g/mol. The number of imidazole rings is 1. The van der Waals surface area contributed by atoms with Gasteiger partial charge in [-0.3, -0.25) is 4.79 Å². The highest BCUT2D eigenvalue weighted by Crippen LogP contribution is 2.25. The molecule has 0 amide bonds. The Morgan fingerprint density at radius 3 is 2.48 bits per heavy atom. The highest BCUT2D eigenvalue weighted by atomic mass is 16.4. The lowest BCUT2D eigenvalue weighted by molar-refractivity contribution is -0.136. The number of allylic oxidation sites excluding steroid dienone is 8. The Morgan fingerprint density at radius 2 is 1.93 bits per heavy atom. The molecule has 2 rings (SSSR count). The summed E-state index contributed by atoms with van der Waals surface area (Å²) in [4.78, 5) is 16.0. The quantitative estimate of drug-likeness (QED) is 0.511. The van der Waals surface area contributed by atoms with Gasteiger partial charge in [0.05, 0.1) is 17.8 Å². The van der Waals surface area contributed by atoms with Crippen LogP contribution in [-0.2, 0) is 11.2 Å². The van der Waals surface area contributed by atoms with Crippen molar-refractivity contribution >= 4 is 23.8 Å². The molecule has 0 bridgehead atoms. The van der Waals surface area contributed by atoms with Crippen LogP contribution in [0.4, 0.5) is 0 Å². The lowest BCUT2D eigenvalue weighted by atomic mass is 10.1. The number of hydrogen-bond donors (Lipinski definition) is 1. The molecule has 1 aromatic heterocycles. The smallest absolute Gasteiger partial charge is 0.309 e. The molecule has 1 unspecified atom stereocenters.